The molecule has 4 heteroatoms. The Labute approximate surface area is 109 Å². The summed E-state index contributed by atoms with van der Waals surface area (Å²) in [6.45, 7) is 0.999. The first kappa shape index (κ1) is 15.0. The van der Waals surface area contributed by atoms with Gasteiger partial charge in [-0.2, -0.15) is 0 Å². The van der Waals surface area contributed by atoms with Crippen molar-refractivity contribution in [1.82, 2.24) is 4.90 Å². The van der Waals surface area contributed by atoms with E-state index in [0.717, 1.165) is 24.3 Å². The molecule has 1 aromatic carbocycles. The monoisotopic (exact) mass is 253 g/mol. The maximum atomic E-state index is 9.25. The standard InChI is InChI=1S/C14H23NO3/c1-15(13(11-17)8-10-16)9-7-12-5-3-4-6-14(12)18-2/h3-6,13,16-17H,7-11H2,1-2H3. The van der Waals surface area contributed by atoms with Crippen LogP contribution in [-0.4, -0.2) is 55.1 Å². The fourth-order valence-corrected chi connectivity index (χ4v) is 1.99. The quantitative estimate of drug-likeness (QED) is 0.723. The van der Waals surface area contributed by atoms with Crippen molar-refractivity contribution in [2.45, 2.75) is 18.9 Å². The molecule has 4 nitrogen and oxygen atoms in total. The van der Waals surface area contributed by atoms with Gasteiger partial charge in [0.25, 0.3) is 0 Å². The van der Waals surface area contributed by atoms with Crippen molar-refractivity contribution < 1.29 is 14.9 Å². The number of hydrogen-bond acceptors (Lipinski definition) is 4. The number of aliphatic hydroxyl groups is 2. The van der Waals surface area contributed by atoms with Crippen LogP contribution in [0.15, 0.2) is 24.3 Å². The maximum absolute atomic E-state index is 9.25. The molecule has 1 unspecified atom stereocenters. The number of para-hydroxylation sites is 1. The summed E-state index contributed by atoms with van der Waals surface area (Å²) in [5.41, 5.74) is 1.16. The highest BCUT2D eigenvalue weighted by Gasteiger charge is 2.13. The molecule has 0 aromatic heterocycles. The minimum Gasteiger partial charge on any atom is -0.496 e. The molecule has 1 rings (SSSR count). The Kier molecular flexibility index (Phi) is 6.72. The van der Waals surface area contributed by atoms with Crippen LogP contribution in [0, 0.1) is 0 Å². The van der Waals surface area contributed by atoms with E-state index in [4.69, 9.17) is 9.84 Å². The van der Waals surface area contributed by atoms with Crippen molar-refractivity contribution in [2.75, 3.05) is 33.9 Å². The minimum absolute atomic E-state index is 0.0182. The zero-order valence-electron chi connectivity index (χ0n) is 11.2. The number of hydrogen-bond donors (Lipinski definition) is 2. The summed E-state index contributed by atoms with van der Waals surface area (Å²) >= 11 is 0. The average Bonchev–Trinajstić information content (AvgIpc) is 2.42. The van der Waals surface area contributed by atoms with Crippen molar-refractivity contribution in [3.05, 3.63) is 29.8 Å². The van der Waals surface area contributed by atoms with Gasteiger partial charge in [0.15, 0.2) is 0 Å². The fourth-order valence-electron chi connectivity index (χ4n) is 1.99. The third kappa shape index (κ3) is 4.29. The van der Waals surface area contributed by atoms with Crippen molar-refractivity contribution in [1.29, 1.82) is 0 Å². The first-order valence-electron chi connectivity index (χ1n) is 6.26. The van der Waals surface area contributed by atoms with Gasteiger partial charge in [-0.1, -0.05) is 18.2 Å². The minimum atomic E-state index is 0.0182. The molecule has 0 aliphatic rings. The molecule has 0 radical (unpaired) electrons. The van der Waals surface area contributed by atoms with Crippen LogP contribution in [-0.2, 0) is 6.42 Å². The first-order valence-corrected chi connectivity index (χ1v) is 6.26. The molecule has 0 fully saturated rings. The molecule has 0 heterocycles. The average molecular weight is 253 g/mol. The highest BCUT2D eigenvalue weighted by molar-refractivity contribution is 5.33. The molecular formula is C14H23NO3. The summed E-state index contributed by atoms with van der Waals surface area (Å²) in [5, 5.41) is 18.2. The Bertz CT molecular complexity index is 344. The van der Waals surface area contributed by atoms with E-state index >= 15 is 0 Å². The van der Waals surface area contributed by atoms with Gasteiger partial charge < -0.3 is 19.8 Å². The predicted molar refractivity (Wildman–Crippen MR) is 71.9 cm³/mol. The van der Waals surface area contributed by atoms with Gasteiger partial charge in [-0.15, -0.1) is 0 Å². The van der Waals surface area contributed by atoms with Crippen LogP contribution < -0.4 is 4.74 Å². The number of ether oxygens (including phenoxy) is 1. The van der Waals surface area contributed by atoms with E-state index in [1.54, 1.807) is 7.11 Å². The molecule has 2 N–H and O–H groups in total. The van der Waals surface area contributed by atoms with Gasteiger partial charge in [-0.25, -0.2) is 0 Å². The zero-order chi connectivity index (χ0) is 13.4. The van der Waals surface area contributed by atoms with Crippen molar-refractivity contribution in [2.24, 2.45) is 0 Å². The number of nitrogens with zero attached hydrogens (tertiary/aromatic N) is 1. The van der Waals surface area contributed by atoms with Gasteiger partial charge in [0.1, 0.15) is 5.75 Å². The van der Waals surface area contributed by atoms with E-state index in [9.17, 15) is 5.11 Å². The van der Waals surface area contributed by atoms with Crippen LogP contribution in [0.5, 0.6) is 5.75 Å². The lowest BCUT2D eigenvalue weighted by molar-refractivity contribution is 0.120. The second-order valence-electron chi connectivity index (χ2n) is 4.39. The molecule has 0 aliphatic carbocycles. The summed E-state index contributed by atoms with van der Waals surface area (Å²) in [4.78, 5) is 2.07. The largest absolute Gasteiger partial charge is 0.496 e. The Morgan fingerprint density at radius 3 is 2.61 bits per heavy atom. The molecule has 0 aliphatic heterocycles. The van der Waals surface area contributed by atoms with E-state index in [1.165, 1.54) is 0 Å². The van der Waals surface area contributed by atoms with Crippen LogP contribution in [0.4, 0.5) is 0 Å². The maximum Gasteiger partial charge on any atom is 0.122 e. The Hall–Kier alpha value is -1.10. The van der Waals surface area contributed by atoms with Gasteiger partial charge in [-0.05, 0) is 31.5 Å². The zero-order valence-corrected chi connectivity index (χ0v) is 11.2. The summed E-state index contributed by atoms with van der Waals surface area (Å²) in [6, 6.07) is 7.97. The van der Waals surface area contributed by atoms with E-state index in [-0.39, 0.29) is 19.3 Å². The second-order valence-corrected chi connectivity index (χ2v) is 4.39. The third-order valence-corrected chi connectivity index (χ3v) is 3.22. The number of aliphatic hydroxyl groups excluding tert-OH is 2. The van der Waals surface area contributed by atoms with Crippen LogP contribution in [0.3, 0.4) is 0 Å². The molecule has 0 saturated carbocycles. The first-order chi connectivity index (χ1) is 8.72. The van der Waals surface area contributed by atoms with Crippen molar-refractivity contribution in [3.63, 3.8) is 0 Å². The van der Waals surface area contributed by atoms with Crippen molar-refractivity contribution >= 4 is 0 Å². The molecule has 102 valence electrons. The molecule has 0 spiro atoms. The lowest BCUT2D eigenvalue weighted by Crippen LogP contribution is -2.36. The summed E-state index contributed by atoms with van der Waals surface area (Å²) < 4.78 is 5.30. The lowest BCUT2D eigenvalue weighted by atomic mass is 10.1. The predicted octanol–water partition coefficient (Wildman–Crippen LogP) is 0.913. The van der Waals surface area contributed by atoms with Crippen LogP contribution in [0.25, 0.3) is 0 Å². The van der Waals surface area contributed by atoms with E-state index in [1.807, 2.05) is 31.3 Å². The van der Waals surface area contributed by atoms with Gasteiger partial charge in [0.2, 0.25) is 0 Å². The van der Waals surface area contributed by atoms with Crippen LogP contribution in [0.1, 0.15) is 12.0 Å². The molecule has 0 bridgehead atoms. The highest BCUT2D eigenvalue weighted by atomic mass is 16.5. The van der Waals surface area contributed by atoms with E-state index < -0.39 is 0 Å². The topological polar surface area (TPSA) is 52.9 Å². The van der Waals surface area contributed by atoms with Gasteiger partial charge in [0.05, 0.1) is 13.7 Å². The number of likely N-dealkylation sites (N-methyl/N-ethyl adjacent to an activating group) is 1. The molecule has 1 aromatic rings. The number of methoxy groups -OCH3 is 1. The molecule has 18 heavy (non-hydrogen) atoms. The van der Waals surface area contributed by atoms with Gasteiger partial charge in [-0.3, -0.25) is 0 Å². The van der Waals surface area contributed by atoms with Crippen LogP contribution >= 0.6 is 0 Å². The lowest BCUT2D eigenvalue weighted by Gasteiger charge is -2.26. The highest BCUT2D eigenvalue weighted by Crippen LogP contribution is 2.18. The molecule has 0 saturated heterocycles. The van der Waals surface area contributed by atoms with Crippen LogP contribution in [0.2, 0.25) is 0 Å². The van der Waals surface area contributed by atoms with E-state index in [0.29, 0.717) is 6.42 Å². The Morgan fingerprint density at radius 1 is 1.28 bits per heavy atom. The van der Waals surface area contributed by atoms with Crippen molar-refractivity contribution in [3.8, 4) is 5.75 Å². The molecule has 1 atom stereocenters. The Balaban J connectivity index is 2.53. The van der Waals surface area contributed by atoms with Gasteiger partial charge >= 0.3 is 0 Å². The Morgan fingerprint density at radius 2 is 2.00 bits per heavy atom. The fraction of sp³-hybridized carbons (Fsp3) is 0.571. The van der Waals surface area contributed by atoms with Gasteiger partial charge in [0, 0.05) is 19.2 Å². The summed E-state index contributed by atoms with van der Waals surface area (Å²) in [5.74, 6) is 0.897. The SMILES string of the molecule is COc1ccccc1CCN(C)C(CO)CCO. The summed E-state index contributed by atoms with van der Waals surface area (Å²) in [7, 11) is 3.64. The van der Waals surface area contributed by atoms with E-state index in [2.05, 4.69) is 4.90 Å². The second kappa shape index (κ2) is 8.08. The number of benzene rings is 1. The molecular weight excluding hydrogens is 230 g/mol. The molecule has 0 amide bonds. The number of rotatable bonds is 8. The summed E-state index contributed by atoms with van der Waals surface area (Å²) in [6.07, 6.45) is 1.46. The normalized spacial score (nSPS) is 12.7. The smallest absolute Gasteiger partial charge is 0.122 e. The third-order valence-electron chi connectivity index (χ3n) is 3.22.